The van der Waals surface area contributed by atoms with Gasteiger partial charge in [-0.1, -0.05) is 6.58 Å². The van der Waals surface area contributed by atoms with Crippen LogP contribution in [-0.4, -0.2) is 17.9 Å². The summed E-state index contributed by atoms with van der Waals surface area (Å²) in [6.07, 6.45) is 2.80. The third-order valence-electron chi connectivity index (χ3n) is 1.42. The molecule has 0 unspecified atom stereocenters. The zero-order valence-electron chi connectivity index (χ0n) is 6.78. The minimum atomic E-state index is -0.181. The smallest absolute Gasteiger partial charge is 0.224 e. The first-order valence-electron chi connectivity index (χ1n) is 3.45. The molecule has 3 heteroatoms. The fourth-order valence-electron chi connectivity index (χ4n) is 0.851. The molecule has 62 valence electrons. The summed E-state index contributed by atoms with van der Waals surface area (Å²) in [5.74, 6) is 0.155. The van der Waals surface area contributed by atoms with Crippen molar-refractivity contribution >= 4 is 5.78 Å². The Morgan fingerprint density at radius 2 is 2.50 bits per heavy atom. The Bertz CT molecular complexity index is 307. The topological polar surface area (TPSA) is 39.2 Å². The molecule has 0 radical (unpaired) electrons. The van der Waals surface area contributed by atoms with Gasteiger partial charge >= 0.3 is 0 Å². The highest BCUT2D eigenvalue weighted by atomic mass is 16.5. The van der Waals surface area contributed by atoms with Gasteiger partial charge in [0, 0.05) is 6.20 Å². The molecule has 0 fully saturated rings. The standard InChI is InChI=1S/C9H9NO2/c1-3-8(11)7-5-4-6-10-9(7)12-2/h3-6H,1H2,2H3. The summed E-state index contributed by atoms with van der Waals surface area (Å²) < 4.78 is 4.89. The van der Waals surface area contributed by atoms with E-state index in [-0.39, 0.29) is 5.78 Å². The summed E-state index contributed by atoms with van der Waals surface area (Å²) in [4.78, 5) is 15.0. The maximum absolute atomic E-state index is 11.2. The molecule has 1 heterocycles. The van der Waals surface area contributed by atoms with Gasteiger partial charge in [0.05, 0.1) is 12.7 Å². The molecule has 0 amide bonds. The number of allylic oxidation sites excluding steroid dienone is 1. The number of hydrogen-bond acceptors (Lipinski definition) is 3. The molecule has 3 nitrogen and oxygen atoms in total. The molecular weight excluding hydrogens is 154 g/mol. The van der Waals surface area contributed by atoms with Gasteiger partial charge in [-0.05, 0) is 18.2 Å². The number of aromatic nitrogens is 1. The number of carbonyl (C=O) groups excluding carboxylic acids is 1. The molecular formula is C9H9NO2. The van der Waals surface area contributed by atoms with Gasteiger partial charge in [0.15, 0.2) is 5.78 Å². The Morgan fingerprint density at radius 3 is 3.08 bits per heavy atom. The van der Waals surface area contributed by atoms with Crippen molar-refractivity contribution in [1.82, 2.24) is 4.98 Å². The van der Waals surface area contributed by atoms with Gasteiger partial charge in [-0.2, -0.15) is 0 Å². The summed E-state index contributed by atoms with van der Waals surface area (Å²) in [6, 6.07) is 3.33. The molecule has 0 bridgehead atoms. The quantitative estimate of drug-likeness (QED) is 0.500. The molecule has 0 aliphatic heterocycles. The van der Waals surface area contributed by atoms with E-state index in [0.29, 0.717) is 11.4 Å². The predicted molar refractivity (Wildman–Crippen MR) is 45.3 cm³/mol. The van der Waals surface area contributed by atoms with Crippen molar-refractivity contribution in [2.75, 3.05) is 7.11 Å². The van der Waals surface area contributed by atoms with Gasteiger partial charge in [0.2, 0.25) is 5.88 Å². The first-order valence-corrected chi connectivity index (χ1v) is 3.45. The maximum atomic E-state index is 11.2. The monoisotopic (exact) mass is 163 g/mol. The lowest BCUT2D eigenvalue weighted by Gasteiger charge is -2.01. The molecule has 1 aromatic rings. The van der Waals surface area contributed by atoms with Crippen molar-refractivity contribution in [1.29, 1.82) is 0 Å². The van der Waals surface area contributed by atoms with Crippen LogP contribution in [0.4, 0.5) is 0 Å². The van der Waals surface area contributed by atoms with Crippen LogP contribution in [0, 0.1) is 0 Å². The minimum Gasteiger partial charge on any atom is -0.480 e. The van der Waals surface area contributed by atoms with Crippen LogP contribution < -0.4 is 4.74 Å². The van der Waals surface area contributed by atoms with E-state index in [4.69, 9.17) is 4.74 Å². The molecule has 0 N–H and O–H groups in total. The number of nitrogens with zero attached hydrogens (tertiary/aromatic N) is 1. The fourth-order valence-corrected chi connectivity index (χ4v) is 0.851. The number of ketones is 1. The van der Waals surface area contributed by atoms with Crippen molar-refractivity contribution in [2.45, 2.75) is 0 Å². The van der Waals surface area contributed by atoms with Crippen LogP contribution in [-0.2, 0) is 0 Å². The first kappa shape index (κ1) is 8.46. The first-order chi connectivity index (χ1) is 5.79. The minimum absolute atomic E-state index is 0.181. The SMILES string of the molecule is C=CC(=O)c1cccnc1OC. The summed E-state index contributed by atoms with van der Waals surface area (Å²) in [5, 5.41) is 0. The van der Waals surface area contributed by atoms with Crippen LogP contribution in [0.25, 0.3) is 0 Å². The average molecular weight is 163 g/mol. The second-order valence-electron chi connectivity index (χ2n) is 2.13. The van der Waals surface area contributed by atoms with E-state index in [1.54, 1.807) is 18.3 Å². The highest BCUT2D eigenvalue weighted by molar-refractivity contribution is 6.05. The molecule has 12 heavy (non-hydrogen) atoms. The molecule has 1 aromatic heterocycles. The summed E-state index contributed by atoms with van der Waals surface area (Å²) in [7, 11) is 1.47. The molecule has 0 aliphatic rings. The van der Waals surface area contributed by atoms with Gasteiger partial charge in [-0.15, -0.1) is 0 Å². The lowest BCUT2D eigenvalue weighted by molar-refractivity contribution is 0.104. The normalized spacial score (nSPS) is 9.08. The highest BCUT2D eigenvalue weighted by Crippen LogP contribution is 2.13. The molecule has 0 aromatic carbocycles. The Morgan fingerprint density at radius 1 is 1.75 bits per heavy atom. The zero-order valence-corrected chi connectivity index (χ0v) is 6.78. The number of ether oxygens (including phenoxy) is 1. The van der Waals surface area contributed by atoms with Gasteiger partial charge in [-0.25, -0.2) is 4.98 Å². The lowest BCUT2D eigenvalue weighted by atomic mass is 10.2. The largest absolute Gasteiger partial charge is 0.480 e. The maximum Gasteiger partial charge on any atom is 0.224 e. The van der Waals surface area contributed by atoms with Crippen molar-refractivity contribution in [3.8, 4) is 5.88 Å². The van der Waals surface area contributed by atoms with Gasteiger partial charge in [-0.3, -0.25) is 4.79 Å². The Hall–Kier alpha value is -1.64. The zero-order chi connectivity index (χ0) is 8.97. The second kappa shape index (κ2) is 3.67. The fraction of sp³-hybridized carbons (Fsp3) is 0.111. The average Bonchev–Trinajstić information content (AvgIpc) is 2.16. The van der Waals surface area contributed by atoms with Crippen LogP contribution in [0.15, 0.2) is 31.0 Å². The van der Waals surface area contributed by atoms with E-state index in [1.165, 1.54) is 13.2 Å². The van der Waals surface area contributed by atoms with E-state index >= 15 is 0 Å². The van der Waals surface area contributed by atoms with Crippen LogP contribution in [0.2, 0.25) is 0 Å². The third kappa shape index (κ3) is 1.50. The van der Waals surface area contributed by atoms with E-state index in [2.05, 4.69) is 11.6 Å². The van der Waals surface area contributed by atoms with E-state index in [0.717, 1.165) is 0 Å². The molecule has 0 spiro atoms. The lowest BCUT2D eigenvalue weighted by Crippen LogP contribution is -1.99. The molecule has 1 rings (SSSR count). The Kier molecular flexibility index (Phi) is 2.58. The number of carbonyl (C=O) groups is 1. The van der Waals surface area contributed by atoms with E-state index in [9.17, 15) is 4.79 Å². The van der Waals surface area contributed by atoms with Crippen molar-refractivity contribution in [2.24, 2.45) is 0 Å². The highest BCUT2D eigenvalue weighted by Gasteiger charge is 2.08. The van der Waals surface area contributed by atoms with Crippen LogP contribution in [0.3, 0.4) is 0 Å². The van der Waals surface area contributed by atoms with Gasteiger partial charge in [0.25, 0.3) is 0 Å². The van der Waals surface area contributed by atoms with Gasteiger partial charge in [0.1, 0.15) is 0 Å². The van der Waals surface area contributed by atoms with E-state index in [1.807, 2.05) is 0 Å². The Labute approximate surface area is 70.7 Å². The number of hydrogen-bond donors (Lipinski definition) is 0. The summed E-state index contributed by atoms with van der Waals surface area (Å²) in [6.45, 7) is 3.38. The molecule has 0 atom stereocenters. The second-order valence-corrected chi connectivity index (χ2v) is 2.13. The summed E-state index contributed by atoms with van der Waals surface area (Å²) in [5.41, 5.74) is 0.440. The number of methoxy groups -OCH3 is 1. The molecule has 0 saturated heterocycles. The molecule has 0 saturated carbocycles. The van der Waals surface area contributed by atoms with Crippen molar-refractivity contribution in [3.05, 3.63) is 36.5 Å². The molecule has 0 aliphatic carbocycles. The van der Waals surface area contributed by atoms with Gasteiger partial charge < -0.3 is 4.74 Å². The number of rotatable bonds is 3. The Balaban J connectivity index is 3.13. The predicted octanol–water partition coefficient (Wildman–Crippen LogP) is 1.46. The van der Waals surface area contributed by atoms with Crippen LogP contribution in [0.1, 0.15) is 10.4 Å². The van der Waals surface area contributed by atoms with Crippen LogP contribution in [0.5, 0.6) is 5.88 Å². The van der Waals surface area contributed by atoms with Crippen molar-refractivity contribution < 1.29 is 9.53 Å². The number of pyridine rings is 1. The van der Waals surface area contributed by atoms with Crippen LogP contribution >= 0.6 is 0 Å². The third-order valence-corrected chi connectivity index (χ3v) is 1.42. The van der Waals surface area contributed by atoms with Crippen molar-refractivity contribution in [3.63, 3.8) is 0 Å². The van der Waals surface area contributed by atoms with E-state index < -0.39 is 0 Å². The summed E-state index contributed by atoms with van der Waals surface area (Å²) >= 11 is 0.